The fourth-order valence-electron chi connectivity index (χ4n) is 2.25. The zero-order chi connectivity index (χ0) is 17.4. The first-order valence-corrected chi connectivity index (χ1v) is 8.40. The van der Waals surface area contributed by atoms with E-state index >= 15 is 0 Å². The normalized spacial score (nSPS) is 13.9. The van der Waals surface area contributed by atoms with Gasteiger partial charge in [-0.15, -0.1) is 24.0 Å². The van der Waals surface area contributed by atoms with Crippen molar-refractivity contribution < 1.29 is 9.66 Å². The maximum Gasteiger partial charge on any atom is 0.269 e. The Morgan fingerprint density at radius 1 is 1.48 bits per heavy atom. The molecule has 0 bridgehead atoms. The molecule has 0 unspecified atom stereocenters. The van der Waals surface area contributed by atoms with E-state index in [1.807, 2.05) is 24.9 Å². The topological polar surface area (TPSA) is 80.0 Å². The van der Waals surface area contributed by atoms with Crippen molar-refractivity contribution in [2.24, 2.45) is 10.9 Å². The number of nitrogens with zero attached hydrogens (tertiary/aromatic N) is 3. The molecular formula is C17H27IN4O3. The maximum absolute atomic E-state index is 10.8. The van der Waals surface area contributed by atoms with E-state index in [1.54, 1.807) is 12.1 Å². The quantitative estimate of drug-likeness (QED) is 0.152. The minimum atomic E-state index is -0.387. The molecule has 8 heteroatoms. The summed E-state index contributed by atoms with van der Waals surface area (Å²) < 4.78 is 5.66. The molecule has 140 valence electrons. The lowest BCUT2D eigenvalue weighted by Crippen LogP contribution is -2.40. The molecule has 2 rings (SSSR count). The molecule has 0 heterocycles. The van der Waals surface area contributed by atoms with E-state index in [0.717, 1.165) is 37.1 Å². The summed E-state index contributed by atoms with van der Waals surface area (Å²) in [6, 6.07) is 6.58. The number of hydrogen-bond donors (Lipinski definition) is 1. The van der Waals surface area contributed by atoms with E-state index in [0.29, 0.717) is 13.2 Å². The fourth-order valence-corrected chi connectivity index (χ4v) is 2.25. The second-order valence-corrected chi connectivity index (χ2v) is 6.04. The highest BCUT2D eigenvalue weighted by Gasteiger charge is 2.21. The van der Waals surface area contributed by atoms with Crippen LogP contribution in [0.3, 0.4) is 0 Å². The highest BCUT2D eigenvalue weighted by Crippen LogP contribution is 2.28. The van der Waals surface area contributed by atoms with Gasteiger partial charge in [-0.2, -0.15) is 0 Å². The summed E-state index contributed by atoms with van der Waals surface area (Å²) in [5.74, 6) is 1.55. The summed E-state index contributed by atoms with van der Waals surface area (Å²) in [6.45, 7) is 5.47. The van der Waals surface area contributed by atoms with Gasteiger partial charge < -0.3 is 15.0 Å². The largest absolute Gasteiger partial charge is 0.379 e. The van der Waals surface area contributed by atoms with Gasteiger partial charge in [-0.1, -0.05) is 12.1 Å². The van der Waals surface area contributed by atoms with Crippen molar-refractivity contribution in [1.82, 2.24) is 10.2 Å². The zero-order valence-electron chi connectivity index (χ0n) is 14.8. The average Bonchev–Trinajstić information content (AvgIpc) is 3.39. The second-order valence-electron chi connectivity index (χ2n) is 6.04. The molecule has 1 saturated carbocycles. The van der Waals surface area contributed by atoms with Crippen LogP contribution in [-0.4, -0.2) is 49.1 Å². The van der Waals surface area contributed by atoms with Gasteiger partial charge in [0.05, 0.1) is 18.1 Å². The van der Waals surface area contributed by atoms with Gasteiger partial charge in [-0.3, -0.25) is 10.1 Å². The number of rotatable bonds is 9. The molecule has 1 aliphatic carbocycles. The molecule has 1 fully saturated rings. The molecule has 0 saturated heterocycles. The molecule has 0 spiro atoms. The maximum atomic E-state index is 10.8. The molecular weight excluding hydrogens is 435 g/mol. The van der Waals surface area contributed by atoms with Gasteiger partial charge in [-0.05, 0) is 31.2 Å². The number of ether oxygens (including phenoxy) is 1. The first kappa shape index (κ1) is 21.6. The Morgan fingerprint density at radius 2 is 2.24 bits per heavy atom. The number of aliphatic imine (C=N–C) groups is 1. The van der Waals surface area contributed by atoms with Crippen LogP contribution < -0.4 is 5.32 Å². The number of nitro benzene ring substituents is 1. The Labute approximate surface area is 166 Å². The van der Waals surface area contributed by atoms with Crippen LogP contribution in [0, 0.1) is 16.0 Å². The third-order valence-electron chi connectivity index (χ3n) is 3.85. The molecule has 0 amide bonds. The number of halogens is 1. The molecule has 1 aromatic carbocycles. The van der Waals surface area contributed by atoms with Gasteiger partial charge in [0, 0.05) is 38.9 Å². The number of nitro groups is 1. The fraction of sp³-hybridized carbons (Fsp3) is 0.588. The van der Waals surface area contributed by atoms with E-state index in [1.165, 1.54) is 18.9 Å². The average molecular weight is 462 g/mol. The van der Waals surface area contributed by atoms with E-state index in [9.17, 15) is 10.1 Å². The van der Waals surface area contributed by atoms with Crippen molar-refractivity contribution in [2.45, 2.75) is 26.3 Å². The molecule has 1 aliphatic rings. The monoisotopic (exact) mass is 462 g/mol. The van der Waals surface area contributed by atoms with Gasteiger partial charge >= 0.3 is 0 Å². The highest BCUT2D eigenvalue weighted by molar-refractivity contribution is 14.0. The van der Waals surface area contributed by atoms with E-state index in [2.05, 4.69) is 10.3 Å². The second kappa shape index (κ2) is 11.2. The summed E-state index contributed by atoms with van der Waals surface area (Å²) in [7, 11) is 1.97. The summed E-state index contributed by atoms with van der Waals surface area (Å²) in [6.07, 6.45) is 2.59. The standard InChI is InChI=1S/C17H26N4O3.HI/c1-3-18-17(20(2)9-10-24-13-14-7-8-14)19-12-15-5-4-6-16(11-15)21(22)23;/h4-6,11,14H,3,7-10,12-13H2,1-2H3,(H,18,19);1H. The Kier molecular flexibility index (Phi) is 9.73. The Balaban J connectivity index is 0.00000312. The molecule has 0 aromatic heterocycles. The van der Waals surface area contributed by atoms with Crippen molar-refractivity contribution in [3.63, 3.8) is 0 Å². The van der Waals surface area contributed by atoms with Gasteiger partial charge in [-0.25, -0.2) is 4.99 Å². The third kappa shape index (κ3) is 8.00. The highest BCUT2D eigenvalue weighted by atomic mass is 127. The Morgan fingerprint density at radius 3 is 2.88 bits per heavy atom. The van der Waals surface area contributed by atoms with Crippen LogP contribution in [0.15, 0.2) is 29.3 Å². The summed E-state index contributed by atoms with van der Waals surface area (Å²) in [5.41, 5.74) is 0.910. The van der Waals surface area contributed by atoms with Crippen molar-refractivity contribution in [3.05, 3.63) is 39.9 Å². The lowest BCUT2D eigenvalue weighted by molar-refractivity contribution is -0.384. The number of benzene rings is 1. The number of hydrogen-bond acceptors (Lipinski definition) is 4. The van der Waals surface area contributed by atoms with Crippen molar-refractivity contribution >= 4 is 35.6 Å². The smallest absolute Gasteiger partial charge is 0.269 e. The molecule has 7 nitrogen and oxygen atoms in total. The number of non-ortho nitro benzene ring substituents is 1. The van der Waals surface area contributed by atoms with Crippen LogP contribution in [0.5, 0.6) is 0 Å². The van der Waals surface area contributed by atoms with Crippen LogP contribution in [0.2, 0.25) is 0 Å². The number of nitrogens with one attached hydrogen (secondary N) is 1. The molecule has 25 heavy (non-hydrogen) atoms. The van der Waals surface area contributed by atoms with Crippen LogP contribution >= 0.6 is 24.0 Å². The lowest BCUT2D eigenvalue weighted by Gasteiger charge is -2.22. The van der Waals surface area contributed by atoms with Gasteiger partial charge in [0.2, 0.25) is 0 Å². The van der Waals surface area contributed by atoms with Gasteiger partial charge in [0.15, 0.2) is 5.96 Å². The van der Waals surface area contributed by atoms with E-state index in [4.69, 9.17) is 4.74 Å². The Hall–Kier alpha value is -1.42. The Bertz CT molecular complexity index is 579. The first-order valence-electron chi connectivity index (χ1n) is 8.40. The van der Waals surface area contributed by atoms with Crippen LogP contribution in [0.4, 0.5) is 5.69 Å². The van der Waals surface area contributed by atoms with Crippen molar-refractivity contribution in [1.29, 1.82) is 0 Å². The van der Waals surface area contributed by atoms with Crippen molar-refractivity contribution in [2.75, 3.05) is 33.4 Å². The van der Waals surface area contributed by atoms with Gasteiger partial charge in [0.1, 0.15) is 0 Å². The molecule has 1 N–H and O–H groups in total. The van der Waals surface area contributed by atoms with E-state index < -0.39 is 0 Å². The summed E-state index contributed by atoms with van der Waals surface area (Å²) in [5, 5.41) is 14.1. The lowest BCUT2D eigenvalue weighted by atomic mass is 10.2. The zero-order valence-corrected chi connectivity index (χ0v) is 17.1. The number of guanidine groups is 1. The summed E-state index contributed by atoms with van der Waals surface area (Å²) >= 11 is 0. The molecule has 1 aromatic rings. The van der Waals surface area contributed by atoms with Gasteiger partial charge in [0.25, 0.3) is 5.69 Å². The molecule has 0 atom stereocenters. The molecule has 0 radical (unpaired) electrons. The third-order valence-corrected chi connectivity index (χ3v) is 3.85. The van der Waals surface area contributed by atoms with E-state index in [-0.39, 0.29) is 34.6 Å². The number of likely N-dealkylation sites (N-methyl/N-ethyl adjacent to an activating group) is 1. The predicted octanol–water partition coefficient (Wildman–Crippen LogP) is 3.04. The minimum Gasteiger partial charge on any atom is -0.379 e. The first-order chi connectivity index (χ1) is 11.6. The van der Waals surface area contributed by atoms with Crippen LogP contribution in [0.25, 0.3) is 0 Å². The SMILES string of the molecule is CCNC(=NCc1cccc([N+](=O)[O-])c1)N(C)CCOCC1CC1.I. The molecule has 0 aliphatic heterocycles. The predicted molar refractivity (Wildman–Crippen MR) is 110 cm³/mol. The minimum absolute atomic E-state index is 0. The van der Waals surface area contributed by atoms with Crippen LogP contribution in [-0.2, 0) is 11.3 Å². The van der Waals surface area contributed by atoms with Crippen LogP contribution in [0.1, 0.15) is 25.3 Å². The summed E-state index contributed by atoms with van der Waals surface area (Å²) in [4.78, 5) is 17.0. The van der Waals surface area contributed by atoms with Crippen molar-refractivity contribution in [3.8, 4) is 0 Å².